The third-order valence-electron chi connectivity index (χ3n) is 1.48. The molecule has 0 amide bonds. The molecule has 1 heterocycles. The molecule has 0 bridgehead atoms. The van der Waals surface area contributed by atoms with Crippen LogP contribution in [0.2, 0.25) is 0 Å². The highest BCUT2D eigenvalue weighted by atomic mass is 32.2. The van der Waals surface area contributed by atoms with E-state index in [0.29, 0.717) is 12.3 Å². The second-order valence-electron chi connectivity index (χ2n) is 2.55. The second kappa shape index (κ2) is 3.67. The van der Waals surface area contributed by atoms with Crippen LogP contribution in [0.15, 0.2) is 0 Å². The van der Waals surface area contributed by atoms with Gasteiger partial charge in [0.25, 0.3) is 0 Å². The minimum Gasteiger partial charge on any atom is -0.312 e. The SMILES string of the molecule is FC(F)(F)CC1CSCCN1. The molecule has 0 radical (unpaired) electrons. The van der Waals surface area contributed by atoms with Crippen LogP contribution in [0.1, 0.15) is 6.42 Å². The van der Waals surface area contributed by atoms with Gasteiger partial charge < -0.3 is 5.32 Å². The smallest absolute Gasteiger partial charge is 0.312 e. The molecule has 1 aliphatic rings. The summed E-state index contributed by atoms with van der Waals surface area (Å²) in [6.45, 7) is 0.700. The first-order valence-corrected chi connectivity index (χ1v) is 4.61. The fourth-order valence-electron chi connectivity index (χ4n) is 1.03. The molecule has 66 valence electrons. The number of rotatable bonds is 1. The maximum Gasteiger partial charge on any atom is 0.390 e. The Balaban J connectivity index is 2.24. The Hall–Kier alpha value is 0.1000. The van der Waals surface area contributed by atoms with Crippen LogP contribution in [0, 0.1) is 0 Å². The molecule has 0 saturated carbocycles. The van der Waals surface area contributed by atoms with E-state index in [1.807, 2.05) is 0 Å². The summed E-state index contributed by atoms with van der Waals surface area (Å²) in [6, 6.07) is -0.367. The van der Waals surface area contributed by atoms with Gasteiger partial charge in [-0.05, 0) is 0 Å². The van der Waals surface area contributed by atoms with Crippen LogP contribution in [0.25, 0.3) is 0 Å². The quantitative estimate of drug-likeness (QED) is 0.666. The molecule has 1 N–H and O–H groups in total. The van der Waals surface area contributed by atoms with Crippen molar-refractivity contribution in [2.45, 2.75) is 18.6 Å². The van der Waals surface area contributed by atoms with Crippen molar-refractivity contribution in [3.63, 3.8) is 0 Å². The van der Waals surface area contributed by atoms with Gasteiger partial charge in [-0.25, -0.2) is 0 Å². The number of halogens is 3. The van der Waals surface area contributed by atoms with Crippen molar-refractivity contribution in [2.75, 3.05) is 18.1 Å². The Morgan fingerprint density at radius 1 is 1.45 bits per heavy atom. The lowest BCUT2D eigenvalue weighted by atomic mass is 10.2. The van der Waals surface area contributed by atoms with Crippen LogP contribution in [-0.4, -0.2) is 30.3 Å². The van der Waals surface area contributed by atoms with E-state index in [0.717, 1.165) is 5.75 Å². The van der Waals surface area contributed by atoms with Crippen molar-refractivity contribution in [3.05, 3.63) is 0 Å². The van der Waals surface area contributed by atoms with Crippen LogP contribution < -0.4 is 5.32 Å². The van der Waals surface area contributed by atoms with Crippen molar-refractivity contribution in [1.29, 1.82) is 0 Å². The van der Waals surface area contributed by atoms with Gasteiger partial charge in [0.15, 0.2) is 0 Å². The molecule has 1 aliphatic heterocycles. The van der Waals surface area contributed by atoms with E-state index in [4.69, 9.17) is 0 Å². The Morgan fingerprint density at radius 2 is 2.18 bits per heavy atom. The molecular formula is C6H10F3NS. The number of hydrogen-bond donors (Lipinski definition) is 1. The average molecular weight is 185 g/mol. The van der Waals surface area contributed by atoms with Gasteiger partial charge in [-0.15, -0.1) is 0 Å². The molecular weight excluding hydrogens is 175 g/mol. The standard InChI is InChI=1S/C6H10F3NS/c7-6(8,9)3-5-4-11-2-1-10-5/h5,10H,1-4H2. The summed E-state index contributed by atoms with van der Waals surface area (Å²) >= 11 is 1.58. The first kappa shape index (κ1) is 9.19. The third-order valence-corrected chi connectivity index (χ3v) is 2.61. The molecule has 11 heavy (non-hydrogen) atoms. The monoisotopic (exact) mass is 185 g/mol. The Labute approximate surface area is 67.7 Å². The minimum absolute atomic E-state index is 0.367. The van der Waals surface area contributed by atoms with E-state index >= 15 is 0 Å². The molecule has 1 nitrogen and oxygen atoms in total. The van der Waals surface area contributed by atoms with Crippen molar-refractivity contribution < 1.29 is 13.2 Å². The zero-order chi connectivity index (χ0) is 8.32. The van der Waals surface area contributed by atoms with E-state index < -0.39 is 12.6 Å². The summed E-state index contributed by atoms with van der Waals surface area (Å²) in [6.07, 6.45) is -4.71. The Morgan fingerprint density at radius 3 is 2.64 bits per heavy atom. The lowest BCUT2D eigenvalue weighted by molar-refractivity contribution is -0.138. The second-order valence-corrected chi connectivity index (χ2v) is 3.70. The molecule has 1 rings (SSSR count). The van der Waals surface area contributed by atoms with Gasteiger partial charge in [-0.1, -0.05) is 0 Å². The molecule has 0 aromatic heterocycles. The topological polar surface area (TPSA) is 12.0 Å². The highest BCUT2D eigenvalue weighted by Gasteiger charge is 2.32. The molecule has 1 fully saturated rings. The van der Waals surface area contributed by atoms with E-state index in [1.165, 1.54) is 0 Å². The maximum atomic E-state index is 11.8. The van der Waals surface area contributed by atoms with E-state index in [1.54, 1.807) is 11.8 Å². The first-order valence-electron chi connectivity index (χ1n) is 3.46. The molecule has 1 unspecified atom stereocenters. The molecule has 0 aliphatic carbocycles. The summed E-state index contributed by atoms with van der Waals surface area (Å²) in [5, 5.41) is 2.83. The maximum absolute atomic E-state index is 11.8. The van der Waals surface area contributed by atoms with Crippen molar-refractivity contribution >= 4 is 11.8 Å². The summed E-state index contributed by atoms with van der Waals surface area (Å²) in [5.74, 6) is 1.51. The highest BCUT2D eigenvalue weighted by molar-refractivity contribution is 7.99. The predicted molar refractivity (Wildman–Crippen MR) is 39.8 cm³/mol. The highest BCUT2D eigenvalue weighted by Crippen LogP contribution is 2.24. The van der Waals surface area contributed by atoms with Gasteiger partial charge in [0, 0.05) is 24.1 Å². The van der Waals surface area contributed by atoms with Crippen LogP contribution in [0.5, 0.6) is 0 Å². The average Bonchev–Trinajstić information content (AvgIpc) is 1.85. The predicted octanol–water partition coefficient (Wildman–Crippen LogP) is 1.64. The molecule has 0 spiro atoms. The van der Waals surface area contributed by atoms with Crippen LogP contribution in [0.3, 0.4) is 0 Å². The van der Waals surface area contributed by atoms with E-state index in [2.05, 4.69) is 5.32 Å². The third kappa shape index (κ3) is 3.86. The van der Waals surface area contributed by atoms with Gasteiger partial charge in [-0.2, -0.15) is 24.9 Å². The summed E-state index contributed by atoms with van der Waals surface area (Å²) in [5.41, 5.74) is 0. The molecule has 1 saturated heterocycles. The van der Waals surface area contributed by atoms with Gasteiger partial charge in [0.05, 0.1) is 6.42 Å². The molecule has 0 aromatic rings. The summed E-state index contributed by atoms with van der Waals surface area (Å²) < 4.78 is 35.4. The van der Waals surface area contributed by atoms with Crippen molar-refractivity contribution in [2.24, 2.45) is 0 Å². The number of thioether (sulfide) groups is 1. The van der Waals surface area contributed by atoms with Gasteiger partial charge in [0.2, 0.25) is 0 Å². The van der Waals surface area contributed by atoms with Crippen molar-refractivity contribution in [3.8, 4) is 0 Å². The number of alkyl halides is 3. The summed E-state index contributed by atoms with van der Waals surface area (Å²) in [4.78, 5) is 0. The lowest BCUT2D eigenvalue weighted by Gasteiger charge is -2.23. The zero-order valence-electron chi connectivity index (χ0n) is 5.95. The first-order chi connectivity index (χ1) is 5.08. The van der Waals surface area contributed by atoms with Crippen LogP contribution in [0.4, 0.5) is 13.2 Å². The molecule has 5 heteroatoms. The van der Waals surface area contributed by atoms with Gasteiger partial charge in [0.1, 0.15) is 0 Å². The number of nitrogens with one attached hydrogen (secondary N) is 1. The van der Waals surface area contributed by atoms with Gasteiger partial charge in [-0.3, -0.25) is 0 Å². The van der Waals surface area contributed by atoms with Crippen LogP contribution in [-0.2, 0) is 0 Å². The van der Waals surface area contributed by atoms with E-state index in [-0.39, 0.29) is 6.04 Å². The fraction of sp³-hybridized carbons (Fsp3) is 1.00. The minimum atomic E-state index is -4.02. The largest absolute Gasteiger partial charge is 0.390 e. The number of hydrogen-bond acceptors (Lipinski definition) is 2. The zero-order valence-corrected chi connectivity index (χ0v) is 6.76. The van der Waals surface area contributed by atoms with E-state index in [9.17, 15) is 13.2 Å². The Kier molecular flexibility index (Phi) is 3.06. The fourth-order valence-corrected chi connectivity index (χ4v) is 1.98. The Bertz CT molecular complexity index is 119. The lowest BCUT2D eigenvalue weighted by Crippen LogP contribution is -2.40. The summed E-state index contributed by atoms with van der Waals surface area (Å²) in [7, 11) is 0. The molecule has 0 aromatic carbocycles. The normalized spacial score (nSPS) is 27.0. The molecule has 1 atom stereocenters. The van der Waals surface area contributed by atoms with Crippen LogP contribution >= 0.6 is 11.8 Å². The van der Waals surface area contributed by atoms with Gasteiger partial charge >= 0.3 is 6.18 Å². The van der Waals surface area contributed by atoms with Crippen molar-refractivity contribution in [1.82, 2.24) is 5.32 Å².